The predicted molar refractivity (Wildman–Crippen MR) is 102 cm³/mol. The highest BCUT2D eigenvalue weighted by Gasteiger charge is 2.18. The van der Waals surface area contributed by atoms with Gasteiger partial charge in [0.15, 0.2) is 11.5 Å². The van der Waals surface area contributed by atoms with Crippen LogP contribution in [0.1, 0.15) is 18.1 Å². The summed E-state index contributed by atoms with van der Waals surface area (Å²) in [5.41, 5.74) is 2.18. The summed E-state index contributed by atoms with van der Waals surface area (Å²) in [6.45, 7) is 4.77. The first-order valence-corrected chi connectivity index (χ1v) is 9.45. The molecule has 0 spiro atoms. The van der Waals surface area contributed by atoms with Crippen molar-refractivity contribution in [1.82, 2.24) is 4.90 Å². The third kappa shape index (κ3) is 4.99. The molecule has 6 heteroatoms. The molecule has 2 aromatic rings. The molecule has 0 aromatic heterocycles. The smallest absolute Gasteiger partial charge is 0.320 e. The lowest BCUT2D eigenvalue weighted by Gasteiger charge is -2.24. The van der Waals surface area contributed by atoms with Crippen molar-refractivity contribution in [2.45, 2.75) is 20.0 Å². The van der Waals surface area contributed by atoms with Crippen molar-refractivity contribution in [3.63, 3.8) is 0 Å². The van der Waals surface area contributed by atoms with Gasteiger partial charge >= 0.3 is 5.97 Å². The maximum absolute atomic E-state index is 12.0. The quantitative estimate of drug-likeness (QED) is 0.638. The molecule has 1 aliphatic heterocycles. The maximum Gasteiger partial charge on any atom is 0.320 e. The highest BCUT2D eigenvalue weighted by atomic mass is 79.9. The first-order chi connectivity index (χ1) is 12.7. The number of carbonyl (C=O) groups excluding carboxylic acids is 1. The van der Waals surface area contributed by atoms with E-state index >= 15 is 0 Å². The highest BCUT2D eigenvalue weighted by molar-refractivity contribution is 9.10. The maximum atomic E-state index is 12.0. The van der Waals surface area contributed by atoms with Gasteiger partial charge in [-0.3, -0.25) is 9.69 Å². The second kappa shape index (κ2) is 9.05. The van der Waals surface area contributed by atoms with E-state index < -0.39 is 0 Å². The van der Waals surface area contributed by atoms with Crippen molar-refractivity contribution >= 4 is 21.9 Å². The molecule has 0 aliphatic carbocycles. The Kier molecular flexibility index (Phi) is 6.52. The predicted octanol–water partition coefficient (Wildman–Crippen LogP) is 3.79. The van der Waals surface area contributed by atoms with E-state index in [2.05, 4.69) is 33.0 Å². The molecule has 3 rings (SSSR count). The first kappa shape index (κ1) is 18.7. The monoisotopic (exact) mass is 419 g/mol. The van der Waals surface area contributed by atoms with Gasteiger partial charge < -0.3 is 14.2 Å². The van der Waals surface area contributed by atoms with Gasteiger partial charge in [-0.05, 0) is 30.2 Å². The van der Waals surface area contributed by atoms with Crippen molar-refractivity contribution in [3.05, 3.63) is 58.1 Å². The van der Waals surface area contributed by atoms with Crippen LogP contribution in [0, 0.1) is 0 Å². The number of benzene rings is 2. The van der Waals surface area contributed by atoms with Gasteiger partial charge in [0.1, 0.15) is 13.2 Å². The molecule has 0 amide bonds. The summed E-state index contributed by atoms with van der Waals surface area (Å²) in [5, 5.41) is 0. The van der Waals surface area contributed by atoms with E-state index in [1.54, 1.807) is 0 Å². The fourth-order valence-corrected chi connectivity index (χ4v) is 3.31. The minimum Gasteiger partial charge on any atom is -0.486 e. The number of hydrogen-bond acceptors (Lipinski definition) is 5. The Labute approximate surface area is 162 Å². The summed E-state index contributed by atoms with van der Waals surface area (Å²) >= 11 is 3.61. The van der Waals surface area contributed by atoms with Crippen molar-refractivity contribution < 1.29 is 19.0 Å². The van der Waals surface area contributed by atoms with Crippen molar-refractivity contribution in [2.24, 2.45) is 0 Å². The SMILES string of the molecule is CCOC(=O)CN(Cc1ccccc1)Cc1cc2c(cc1Br)OCCO2. The Hall–Kier alpha value is -2.05. The number of ether oxygens (including phenoxy) is 3. The second-order valence-electron chi connectivity index (χ2n) is 6.02. The minimum atomic E-state index is -0.225. The standard InChI is InChI=1S/C20H22BrNO4/c1-2-24-20(23)14-22(12-15-6-4-3-5-7-15)13-16-10-18-19(11-17(16)21)26-9-8-25-18/h3-7,10-11H,2,8-9,12-14H2,1H3. The molecule has 0 saturated carbocycles. The summed E-state index contributed by atoms with van der Waals surface area (Å²) in [4.78, 5) is 14.1. The van der Waals surface area contributed by atoms with Gasteiger partial charge in [-0.2, -0.15) is 0 Å². The van der Waals surface area contributed by atoms with Crippen LogP contribution in [-0.4, -0.2) is 37.2 Å². The van der Waals surface area contributed by atoms with E-state index in [0.717, 1.165) is 27.1 Å². The van der Waals surface area contributed by atoms with Crippen molar-refractivity contribution in [1.29, 1.82) is 0 Å². The molecule has 0 atom stereocenters. The lowest BCUT2D eigenvalue weighted by Crippen LogP contribution is -2.30. The lowest BCUT2D eigenvalue weighted by atomic mass is 10.1. The highest BCUT2D eigenvalue weighted by Crippen LogP contribution is 2.36. The Morgan fingerprint density at radius 3 is 2.50 bits per heavy atom. The molecule has 0 N–H and O–H groups in total. The van der Waals surface area contributed by atoms with E-state index in [4.69, 9.17) is 14.2 Å². The van der Waals surface area contributed by atoms with Crippen LogP contribution in [0.25, 0.3) is 0 Å². The molecule has 0 radical (unpaired) electrons. The topological polar surface area (TPSA) is 48.0 Å². The van der Waals surface area contributed by atoms with Crippen LogP contribution in [-0.2, 0) is 22.6 Å². The van der Waals surface area contributed by atoms with E-state index in [-0.39, 0.29) is 12.5 Å². The molecule has 0 fully saturated rings. The summed E-state index contributed by atoms with van der Waals surface area (Å²) in [6, 6.07) is 14.0. The number of fused-ring (bicyclic) bond motifs is 1. The third-order valence-corrected chi connectivity index (χ3v) is 4.75. The van der Waals surface area contributed by atoms with E-state index in [1.165, 1.54) is 0 Å². The Balaban J connectivity index is 1.79. The number of rotatable bonds is 7. The fraction of sp³-hybridized carbons (Fsp3) is 0.350. The molecule has 0 unspecified atom stereocenters. The molecule has 138 valence electrons. The van der Waals surface area contributed by atoms with Gasteiger partial charge in [-0.1, -0.05) is 46.3 Å². The van der Waals surface area contributed by atoms with Crippen LogP contribution in [0.3, 0.4) is 0 Å². The van der Waals surface area contributed by atoms with Crippen LogP contribution in [0.4, 0.5) is 0 Å². The van der Waals surface area contributed by atoms with Gasteiger partial charge in [0, 0.05) is 17.6 Å². The number of nitrogens with zero attached hydrogens (tertiary/aromatic N) is 1. The fourth-order valence-electron chi connectivity index (χ4n) is 2.87. The second-order valence-corrected chi connectivity index (χ2v) is 6.88. The molecule has 0 bridgehead atoms. The summed E-state index contributed by atoms with van der Waals surface area (Å²) in [6.07, 6.45) is 0. The molecule has 1 heterocycles. The average molecular weight is 420 g/mol. The van der Waals surface area contributed by atoms with E-state index in [0.29, 0.717) is 32.9 Å². The minimum absolute atomic E-state index is 0.225. The number of hydrogen-bond donors (Lipinski definition) is 0. The molecular formula is C20H22BrNO4. The number of carbonyl (C=O) groups is 1. The van der Waals surface area contributed by atoms with Crippen LogP contribution >= 0.6 is 15.9 Å². The number of esters is 1. The van der Waals surface area contributed by atoms with Crippen molar-refractivity contribution in [3.8, 4) is 11.5 Å². The Morgan fingerprint density at radius 2 is 1.81 bits per heavy atom. The van der Waals surface area contributed by atoms with Crippen molar-refractivity contribution in [2.75, 3.05) is 26.4 Å². The van der Waals surface area contributed by atoms with Crippen LogP contribution in [0.15, 0.2) is 46.9 Å². The largest absolute Gasteiger partial charge is 0.486 e. The molecule has 1 aliphatic rings. The Morgan fingerprint density at radius 1 is 1.12 bits per heavy atom. The molecular weight excluding hydrogens is 398 g/mol. The van der Waals surface area contributed by atoms with Gasteiger partial charge in [0.25, 0.3) is 0 Å². The van der Waals surface area contributed by atoms with Gasteiger partial charge in [-0.15, -0.1) is 0 Å². The lowest BCUT2D eigenvalue weighted by molar-refractivity contribution is -0.144. The number of halogens is 1. The zero-order chi connectivity index (χ0) is 18.4. The van der Waals surface area contributed by atoms with Gasteiger partial charge in [0.2, 0.25) is 0 Å². The van der Waals surface area contributed by atoms with Crippen LogP contribution < -0.4 is 9.47 Å². The molecule has 5 nitrogen and oxygen atoms in total. The normalized spacial score (nSPS) is 12.9. The summed E-state index contributed by atoms with van der Waals surface area (Å²) in [5.74, 6) is 1.26. The van der Waals surface area contributed by atoms with Crippen LogP contribution in [0.5, 0.6) is 11.5 Å². The first-order valence-electron chi connectivity index (χ1n) is 8.65. The molecule has 2 aromatic carbocycles. The molecule has 0 saturated heterocycles. The molecule has 26 heavy (non-hydrogen) atoms. The zero-order valence-electron chi connectivity index (χ0n) is 14.7. The van der Waals surface area contributed by atoms with E-state index in [1.807, 2.05) is 37.3 Å². The van der Waals surface area contributed by atoms with Gasteiger partial charge in [-0.25, -0.2) is 0 Å². The summed E-state index contributed by atoms with van der Waals surface area (Å²) in [7, 11) is 0. The zero-order valence-corrected chi connectivity index (χ0v) is 16.3. The van der Waals surface area contributed by atoms with E-state index in [9.17, 15) is 4.79 Å². The van der Waals surface area contributed by atoms with Crippen LogP contribution in [0.2, 0.25) is 0 Å². The third-order valence-electron chi connectivity index (χ3n) is 4.01. The average Bonchev–Trinajstić information content (AvgIpc) is 2.63. The Bertz CT molecular complexity index is 751. The summed E-state index contributed by atoms with van der Waals surface area (Å²) < 4.78 is 17.4. The van der Waals surface area contributed by atoms with Gasteiger partial charge in [0.05, 0.1) is 13.2 Å².